The molecule has 4 unspecified atom stereocenters. The van der Waals surface area contributed by atoms with E-state index in [1.54, 1.807) is 11.8 Å². The average Bonchev–Trinajstić information content (AvgIpc) is 2.59. The highest BCUT2D eigenvalue weighted by atomic mass is 32.2. The number of rotatable bonds is 5. The van der Waals surface area contributed by atoms with E-state index < -0.39 is 10.8 Å². The Hall–Kier alpha value is -0.930. The van der Waals surface area contributed by atoms with Crippen LogP contribution in [0.15, 0.2) is 30.9 Å². The van der Waals surface area contributed by atoms with Crippen LogP contribution in [0, 0.1) is 12.8 Å². The highest BCUT2D eigenvalue weighted by Gasteiger charge is 2.49. The number of hydrogen-bond donors (Lipinski definition) is 0. The second kappa shape index (κ2) is 7.75. The molecule has 1 heterocycles. The summed E-state index contributed by atoms with van der Waals surface area (Å²) in [6.45, 7) is 10.8. The van der Waals surface area contributed by atoms with Crippen molar-refractivity contribution in [2.75, 3.05) is 19.3 Å². The third kappa shape index (κ3) is 3.64. The van der Waals surface area contributed by atoms with Crippen LogP contribution in [-0.4, -0.2) is 34.5 Å². The van der Waals surface area contributed by atoms with Crippen LogP contribution in [0.25, 0.3) is 0 Å². The molecule has 0 N–H and O–H groups in total. The van der Waals surface area contributed by atoms with Gasteiger partial charge >= 0.3 is 0 Å². The summed E-state index contributed by atoms with van der Waals surface area (Å²) in [6, 6.07) is 7.43. The van der Waals surface area contributed by atoms with E-state index in [4.69, 9.17) is 0 Å². The number of likely N-dealkylation sites (tertiary alicyclic amines) is 1. The normalized spacial score (nSPS) is 31.3. The number of aryl methyl sites for hydroxylation is 1. The molecule has 0 bridgehead atoms. The molecule has 138 valence electrons. The summed E-state index contributed by atoms with van der Waals surface area (Å²) in [5, 5.41) is 0. The minimum absolute atomic E-state index is 0.310. The fourth-order valence-electron chi connectivity index (χ4n) is 5.50. The topological polar surface area (TPSA) is 20.3 Å². The molecular weight excluding hydrogens is 326 g/mol. The zero-order valence-corrected chi connectivity index (χ0v) is 16.9. The van der Waals surface area contributed by atoms with Gasteiger partial charge in [0.05, 0.1) is 0 Å². The highest BCUT2D eigenvalue weighted by molar-refractivity contribution is 7.83. The van der Waals surface area contributed by atoms with Crippen LogP contribution in [0.5, 0.6) is 0 Å². The minimum Gasteiger partial charge on any atom is -0.297 e. The van der Waals surface area contributed by atoms with Crippen molar-refractivity contribution in [3.63, 3.8) is 0 Å². The summed E-state index contributed by atoms with van der Waals surface area (Å²) < 4.78 is 11.7. The lowest BCUT2D eigenvalue weighted by Crippen LogP contribution is -2.56. The van der Waals surface area contributed by atoms with E-state index >= 15 is 0 Å². The van der Waals surface area contributed by atoms with Crippen molar-refractivity contribution in [2.45, 2.75) is 63.2 Å². The standard InChI is InChI=1S/C22H33NOS/c1-5-13-23-14-12-22(11-7-6-8-20(22)18(23)3)21-15-19(16-25(4)24)10-9-17(21)2/h5,9-10,15,18,20H,1,6-8,11-14,16H2,2-4H3. The van der Waals surface area contributed by atoms with E-state index in [0.717, 1.165) is 19.0 Å². The summed E-state index contributed by atoms with van der Waals surface area (Å²) in [5.41, 5.74) is 4.51. The molecule has 0 amide bonds. The predicted molar refractivity (Wildman–Crippen MR) is 108 cm³/mol. The maximum absolute atomic E-state index is 11.7. The van der Waals surface area contributed by atoms with Gasteiger partial charge in [0.15, 0.2) is 0 Å². The molecule has 0 aromatic heterocycles. The fourth-order valence-corrected chi connectivity index (χ4v) is 6.15. The quantitative estimate of drug-likeness (QED) is 0.717. The van der Waals surface area contributed by atoms with Gasteiger partial charge in [-0.05, 0) is 62.3 Å². The third-order valence-electron chi connectivity index (χ3n) is 6.67. The third-order valence-corrected chi connectivity index (χ3v) is 7.41. The molecule has 1 aromatic carbocycles. The SMILES string of the molecule is C=CCN1CCC2(c3cc(CS(C)=O)ccc3C)CCCCC2C1C. The molecule has 2 fully saturated rings. The Morgan fingerprint density at radius 2 is 2.16 bits per heavy atom. The molecule has 1 aliphatic carbocycles. The van der Waals surface area contributed by atoms with Gasteiger partial charge in [0.25, 0.3) is 0 Å². The monoisotopic (exact) mass is 359 g/mol. The largest absolute Gasteiger partial charge is 0.297 e. The van der Waals surface area contributed by atoms with Gasteiger partial charge < -0.3 is 0 Å². The Labute approximate surface area is 156 Å². The Balaban J connectivity index is 2.00. The number of fused-ring (bicyclic) bond motifs is 1. The summed E-state index contributed by atoms with van der Waals surface area (Å²) in [7, 11) is -0.783. The molecule has 25 heavy (non-hydrogen) atoms. The minimum atomic E-state index is -0.783. The molecule has 0 radical (unpaired) electrons. The van der Waals surface area contributed by atoms with Gasteiger partial charge in [0.1, 0.15) is 0 Å². The molecule has 1 saturated carbocycles. The van der Waals surface area contributed by atoms with Crippen molar-refractivity contribution < 1.29 is 4.21 Å². The molecule has 1 aromatic rings. The van der Waals surface area contributed by atoms with Gasteiger partial charge in [0, 0.05) is 40.8 Å². The van der Waals surface area contributed by atoms with Crippen LogP contribution in [0.3, 0.4) is 0 Å². The smallest absolute Gasteiger partial charge is 0.0482 e. The van der Waals surface area contributed by atoms with E-state index in [2.05, 4.69) is 49.6 Å². The van der Waals surface area contributed by atoms with Gasteiger partial charge in [-0.25, -0.2) is 0 Å². The number of benzene rings is 1. The van der Waals surface area contributed by atoms with Crippen LogP contribution in [-0.2, 0) is 22.0 Å². The van der Waals surface area contributed by atoms with Crippen molar-refractivity contribution in [2.24, 2.45) is 5.92 Å². The molecule has 3 heteroatoms. The van der Waals surface area contributed by atoms with E-state index in [-0.39, 0.29) is 0 Å². The van der Waals surface area contributed by atoms with Crippen molar-refractivity contribution >= 4 is 10.8 Å². The summed E-state index contributed by atoms with van der Waals surface area (Å²) in [6.07, 6.45) is 10.4. The van der Waals surface area contributed by atoms with Gasteiger partial charge in [-0.15, -0.1) is 6.58 Å². The van der Waals surface area contributed by atoms with Crippen LogP contribution in [0.2, 0.25) is 0 Å². The first-order valence-electron chi connectivity index (χ1n) is 9.73. The van der Waals surface area contributed by atoms with Crippen LogP contribution in [0.1, 0.15) is 55.7 Å². The lowest BCUT2D eigenvalue weighted by atomic mass is 9.56. The van der Waals surface area contributed by atoms with Crippen LogP contribution in [0.4, 0.5) is 0 Å². The second-order valence-electron chi connectivity index (χ2n) is 8.15. The lowest BCUT2D eigenvalue weighted by Gasteiger charge is -2.55. The van der Waals surface area contributed by atoms with E-state index in [9.17, 15) is 4.21 Å². The first kappa shape index (κ1) is 18.8. The molecule has 3 rings (SSSR count). The fraction of sp³-hybridized carbons (Fsp3) is 0.636. The van der Waals surface area contributed by atoms with E-state index in [1.165, 1.54) is 43.2 Å². The lowest BCUT2D eigenvalue weighted by molar-refractivity contribution is 0.0143. The summed E-state index contributed by atoms with van der Waals surface area (Å²) >= 11 is 0. The van der Waals surface area contributed by atoms with Crippen molar-refractivity contribution in [3.8, 4) is 0 Å². The van der Waals surface area contributed by atoms with Crippen LogP contribution >= 0.6 is 0 Å². The first-order chi connectivity index (χ1) is 12.0. The average molecular weight is 360 g/mol. The zero-order chi connectivity index (χ0) is 18.0. The van der Waals surface area contributed by atoms with Crippen molar-refractivity contribution in [1.82, 2.24) is 4.90 Å². The number of hydrogen-bond acceptors (Lipinski definition) is 2. The second-order valence-corrected chi connectivity index (χ2v) is 9.58. The van der Waals surface area contributed by atoms with Crippen molar-refractivity contribution in [3.05, 3.63) is 47.5 Å². The number of nitrogens with zero attached hydrogens (tertiary/aromatic N) is 1. The maximum Gasteiger partial charge on any atom is 0.0482 e. The molecule has 1 saturated heterocycles. The van der Waals surface area contributed by atoms with Gasteiger partial charge in [0.2, 0.25) is 0 Å². The van der Waals surface area contributed by atoms with E-state index in [0.29, 0.717) is 17.2 Å². The highest BCUT2D eigenvalue weighted by Crippen LogP contribution is 2.52. The van der Waals surface area contributed by atoms with Gasteiger partial charge in [-0.1, -0.05) is 37.1 Å². The van der Waals surface area contributed by atoms with Gasteiger partial charge in [-0.2, -0.15) is 0 Å². The van der Waals surface area contributed by atoms with Gasteiger partial charge in [-0.3, -0.25) is 9.11 Å². The Morgan fingerprint density at radius 1 is 1.36 bits per heavy atom. The summed E-state index contributed by atoms with van der Waals surface area (Å²) in [5.74, 6) is 1.39. The Bertz CT molecular complexity index is 655. The van der Waals surface area contributed by atoms with Crippen molar-refractivity contribution in [1.29, 1.82) is 0 Å². The molecule has 0 spiro atoms. The first-order valence-corrected chi connectivity index (χ1v) is 11.5. The molecule has 1 aliphatic heterocycles. The predicted octanol–water partition coefficient (Wildman–Crippen LogP) is 4.58. The Morgan fingerprint density at radius 3 is 2.88 bits per heavy atom. The molecule has 4 atom stereocenters. The molecule has 2 nitrogen and oxygen atoms in total. The number of piperidine rings is 1. The summed E-state index contributed by atoms with van der Waals surface area (Å²) in [4.78, 5) is 2.61. The van der Waals surface area contributed by atoms with E-state index in [1.807, 2.05) is 0 Å². The molecule has 2 aliphatic rings. The molecular formula is C22H33NOS. The zero-order valence-electron chi connectivity index (χ0n) is 16.1. The maximum atomic E-state index is 11.7. The van der Waals surface area contributed by atoms with Crippen LogP contribution < -0.4 is 0 Å². The Kier molecular flexibility index (Phi) is 5.85.